The smallest absolute Gasteiger partial charge is 0.338 e. The van der Waals surface area contributed by atoms with Gasteiger partial charge in [0, 0.05) is 36.8 Å². The van der Waals surface area contributed by atoms with Gasteiger partial charge in [-0.2, -0.15) is 0 Å². The van der Waals surface area contributed by atoms with Crippen molar-refractivity contribution in [2.45, 2.75) is 38.8 Å². The van der Waals surface area contributed by atoms with Crippen LogP contribution in [0.15, 0.2) is 74.0 Å². The van der Waals surface area contributed by atoms with Gasteiger partial charge in [-0.15, -0.1) is 0 Å². The first-order chi connectivity index (χ1) is 20.8. The highest BCUT2D eigenvalue weighted by atomic mass is 32.1. The van der Waals surface area contributed by atoms with E-state index in [9.17, 15) is 9.59 Å². The standard InChI is InChI=1S/C33H36N4O5S/c1-6-41-32(39)28-20(2)34-33-37(30(28)29-24-10-8-7-9-21(24)11-13-25(29)40-5)31(38)26(43-33)19-23-12-14-27(42-23)36-17-15-22(16-18-36)35(3)4/h7-14,19,22,30H,6,15-18H2,1-5H3/b26-19-/t30-/m1/s1. The molecule has 0 spiro atoms. The number of carbonyl (C=O) groups is 1. The summed E-state index contributed by atoms with van der Waals surface area (Å²) in [5, 5.41) is 1.85. The molecule has 10 heteroatoms. The van der Waals surface area contributed by atoms with Crippen LogP contribution in [0.4, 0.5) is 5.88 Å². The van der Waals surface area contributed by atoms with Crippen molar-refractivity contribution < 1.29 is 18.7 Å². The fourth-order valence-electron chi connectivity index (χ4n) is 6.12. The number of thiazole rings is 1. The number of methoxy groups -OCH3 is 1. The van der Waals surface area contributed by atoms with Crippen molar-refractivity contribution in [3.05, 3.63) is 90.8 Å². The lowest BCUT2D eigenvalue weighted by atomic mass is 9.90. The molecule has 0 radical (unpaired) electrons. The van der Waals surface area contributed by atoms with Crippen LogP contribution in [0.3, 0.4) is 0 Å². The topological polar surface area (TPSA) is 89.5 Å². The number of furan rings is 1. The molecule has 6 rings (SSSR count). The summed E-state index contributed by atoms with van der Waals surface area (Å²) in [6.07, 6.45) is 3.91. The summed E-state index contributed by atoms with van der Waals surface area (Å²) in [6.45, 7) is 5.58. The Morgan fingerprint density at radius 3 is 2.63 bits per heavy atom. The number of fused-ring (bicyclic) bond motifs is 2. The average molecular weight is 601 g/mol. The van der Waals surface area contributed by atoms with Crippen molar-refractivity contribution in [3.63, 3.8) is 0 Å². The number of anilines is 1. The molecule has 2 aliphatic rings. The second-order valence-corrected chi connectivity index (χ2v) is 12.1. The quantitative estimate of drug-likeness (QED) is 0.296. The number of benzene rings is 2. The largest absolute Gasteiger partial charge is 0.496 e. The van der Waals surface area contributed by atoms with Crippen LogP contribution in [0.1, 0.15) is 44.1 Å². The van der Waals surface area contributed by atoms with Gasteiger partial charge in [0.05, 0.1) is 29.5 Å². The third kappa shape index (κ3) is 5.29. The van der Waals surface area contributed by atoms with E-state index < -0.39 is 12.0 Å². The van der Waals surface area contributed by atoms with E-state index in [0.717, 1.165) is 42.6 Å². The van der Waals surface area contributed by atoms with Crippen LogP contribution in [-0.2, 0) is 9.53 Å². The van der Waals surface area contributed by atoms with Gasteiger partial charge in [0.1, 0.15) is 17.6 Å². The van der Waals surface area contributed by atoms with Crippen molar-refractivity contribution >= 4 is 40.0 Å². The minimum atomic E-state index is -0.788. The lowest BCUT2D eigenvalue weighted by Crippen LogP contribution is -2.41. The predicted octanol–water partition coefficient (Wildman–Crippen LogP) is 4.08. The van der Waals surface area contributed by atoms with E-state index in [0.29, 0.717) is 43.7 Å². The zero-order chi connectivity index (χ0) is 30.2. The van der Waals surface area contributed by atoms with Crippen LogP contribution >= 0.6 is 11.3 Å². The van der Waals surface area contributed by atoms with Crippen molar-refractivity contribution in [2.75, 3.05) is 45.8 Å². The van der Waals surface area contributed by atoms with Crippen LogP contribution in [0, 0.1) is 0 Å². The summed E-state index contributed by atoms with van der Waals surface area (Å²) in [7, 11) is 5.84. The Labute approximate surface area is 254 Å². The predicted molar refractivity (Wildman–Crippen MR) is 169 cm³/mol. The highest BCUT2D eigenvalue weighted by molar-refractivity contribution is 7.07. The molecule has 2 aromatic carbocycles. The Kier molecular flexibility index (Phi) is 7.98. The molecule has 43 heavy (non-hydrogen) atoms. The molecule has 4 aromatic rings. The molecular formula is C33H36N4O5S. The number of piperidine rings is 1. The van der Waals surface area contributed by atoms with Crippen molar-refractivity contribution in [2.24, 2.45) is 4.99 Å². The fourth-order valence-corrected chi connectivity index (χ4v) is 7.15. The number of allylic oxidation sites excluding steroid dienone is 1. The van der Waals surface area contributed by atoms with E-state index in [4.69, 9.17) is 18.9 Å². The third-order valence-electron chi connectivity index (χ3n) is 8.33. The summed E-state index contributed by atoms with van der Waals surface area (Å²) in [5.41, 5.74) is 1.28. The number of rotatable bonds is 7. The molecule has 0 unspecified atom stereocenters. The van der Waals surface area contributed by atoms with Crippen LogP contribution in [-0.4, -0.2) is 62.4 Å². The van der Waals surface area contributed by atoms with Crippen LogP contribution in [0.25, 0.3) is 16.8 Å². The number of esters is 1. The summed E-state index contributed by atoms with van der Waals surface area (Å²) in [5.74, 6) is 1.46. The molecule has 1 saturated heterocycles. The normalized spacial score (nSPS) is 17.9. The van der Waals surface area contributed by atoms with E-state index in [1.54, 1.807) is 31.6 Å². The number of ether oxygens (including phenoxy) is 2. The second kappa shape index (κ2) is 11.9. The van der Waals surface area contributed by atoms with Crippen LogP contribution < -0.4 is 24.5 Å². The summed E-state index contributed by atoms with van der Waals surface area (Å²) < 4.78 is 19.6. The van der Waals surface area contributed by atoms with E-state index >= 15 is 0 Å². The zero-order valence-electron chi connectivity index (χ0n) is 25.1. The number of hydrogen-bond donors (Lipinski definition) is 0. The van der Waals surface area contributed by atoms with Crippen LogP contribution in [0.5, 0.6) is 5.75 Å². The van der Waals surface area contributed by atoms with Gasteiger partial charge in [-0.1, -0.05) is 41.7 Å². The lowest BCUT2D eigenvalue weighted by Gasteiger charge is -2.35. The van der Waals surface area contributed by atoms with Crippen molar-refractivity contribution in [1.82, 2.24) is 9.47 Å². The van der Waals surface area contributed by atoms with Gasteiger partial charge in [-0.05, 0) is 63.7 Å². The molecule has 4 heterocycles. The molecular weight excluding hydrogens is 564 g/mol. The fraction of sp³-hybridized carbons (Fsp3) is 0.364. The van der Waals surface area contributed by atoms with Gasteiger partial charge in [0.15, 0.2) is 10.7 Å². The Morgan fingerprint density at radius 2 is 1.91 bits per heavy atom. The lowest BCUT2D eigenvalue weighted by molar-refractivity contribution is -0.139. The first-order valence-electron chi connectivity index (χ1n) is 14.6. The minimum absolute atomic E-state index is 0.201. The third-order valence-corrected chi connectivity index (χ3v) is 9.32. The molecule has 0 saturated carbocycles. The van der Waals surface area contributed by atoms with E-state index in [1.807, 2.05) is 48.5 Å². The molecule has 2 aromatic heterocycles. The Morgan fingerprint density at radius 1 is 1.14 bits per heavy atom. The molecule has 9 nitrogen and oxygen atoms in total. The Hall–Kier alpha value is -4.15. The second-order valence-electron chi connectivity index (χ2n) is 11.1. The molecule has 1 fully saturated rings. The van der Waals surface area contributed by atoms with Gasteiger partial charge in [-0.3, -0.25) is 9.36 Å². The average Bonchev–Trinajstić information content (AvgIpc) is 3.60. The first-order valence-corrected chi connectivity index (χ1v) is 15.4. The molecule has 0 N–H and O–H groups in total. The highest BCUT2D eigenvalue weighted by Crippen LogP contribution is 2.40. The maximum Gasteiger partial charge on any atom is 0.338 e. The Balaban J connectivity index is 1.47. The SMILES string of the molecule is CCOC(=O)C1=C(C)N=c2s/c(=C\c3ccc(N4CCC(N(C)C)CC4)o3)c(=O)n2[C@H]1c1c(OC)ccc2ccccc12. The molecule has 0 amide bonds. The Bertz CT molecular complexity index is 1890. The summed E-state index contributed by atoms with van der Waals surface area (Å²) in [4.78, 5) is 37.4. The van der Waals surface area contributed by atoms with Gasteiger partial charge in [0.2, 0.25) is 0 Å². The number of hydrogen-bond acceptors (Lipinski definition) is 9. The molecule has 2 aliphatic heterocycles. The van der Waals surface area contributed by atoms with E-state index in [1.165, 1.54) is 11.3 Å². The number of nitrogens with zero attached hydrogens (tertiary/aromatic N) is 4. The number of aromatic nitrogens is 1. The molecule has 1 atom stereocenters. The van der Waals surface area contributed by atoms with E-state index in [2.05, 4.69) is 23.9 Å². The van der Waals surface area contributed by atoms with Crippen molar-refractivity contribution in [3.8, 4) is 5.75 Å². The highest BCUT2D eigenvalue weighted by Gasteiger charge is 2.36. The monoisotopic (exact) mass is 600 g/mol. The maximum absolute atomic E-state index is 14.2. The van der Waals surface area contributed by atoms with E-state index in [-0.39, 0.29) is 12.2 Å². The zero-order valence-corrected chi connectivity index (χ0v) is 25.9. The molecule has 224 valence electrons. The van der Waals surface area contributed by atoms with Gasteiger partial charge >= 0.3 is 5.97 Å². The summed E-state index contributed by atoms with van der Waals surface area (Å²) >= 11 is 1.28. The van der Waals surface area contributed by atoms with Crippen molar-refractivity contribution in [1.29, 1.82) is 0 Å². The van der Waals surface area contributed by atoms with Gasteiger partial charge in [-0.25, -0.2) is 9.79 Å². The molecule has 0 aliphatic carbocycles. The van der Waals surface area contributed by atoms with Gasteiger partial charge < -0.3 is 23.7 Å². The van der Waals surface area contributed by atoms with Gasteiger partial charge in [0.25, 0.3) is 5.56 Å². The maximum atomic E-state index is 14.2. The minimum Gasteiger partial charge on any atom is -0.496 e. The summed E-state index contributed by atoms with van der Waals surface area (Å²) in [6, 6.07) is 15.4. The molecule has 0 bridgehead atoms. The van der Waals surface area contributed by atoms with Crippen LogP contribution in [0.2, 0.25) is 0 Å². The number of carbonyl (C=O) groups excluding carboxylic acids is 1. The first kappa shape index (κ1) is 28.9.